The molecule has 1 amide bonds. The summed E-state index contributed by atoms with van der Waals surface area (Å²) in [5.74, 6) is -0.262. The molecule has 6 heteroatoms. The van der Waals surface area contributed by atoms with E-state index in [4.69, 9.17) is 5.73 Å². The smallest absolute Gasteiger partial charge is 0.242 e. The number of carbonyl (C=O) groups excluding carboxylic acids is 1. The van der Waals surface area contributed by atoms with Gasteiger partial charge in [0.15, 0.2) is 0 Å². The average molecular weight is 262 g/mol. The molecule has 5 nitrogen and oxygen atoms in total. The normalized spacial score (nSPS) is 12.2. The van der Waals surface area contributed by atoms with Gasteiger partial charge in [0.05, 0.1) is 6.04 Å². The van der Waals surface area contributed by atoms with Gasteiger partial charge >= 0.3 is 0 Å². The number of benzene rings is 1. The molecule has 1 aromatic heterocycles. The van der Waals surface area contributed by atoms with Gasteiger partial charge < -0.3 is 5.73 Å². The minimum Gasteiger partial charge on any atom is -0.320 e. The summed E-state index contributed by atoms with van der Waals surface area (Å²) in [4.78, 5) is 11.4. The van der Waals surface area contributed by atoms with Crippen LogP contribution in [0.3, 0.4) is 0 Å². The van der Waals surface area contributed by atoms with Crippen molar-refractivity contribution in [3.63, 3.8) is 0 Å². The van der Waals surface area contributed by atoms with Crippen LogP contribution in [0.4, 0.5) is 5.13 Å². The number of amides is 1. The Bertz CT molecular complexity index is 565. The van der Waals surface area contributed by atoms with Gasteiger partial charge in [-0.1, -0.05) is 35.1 Å². The lowest BCUT2D eigenvalue weighted by atomic mass is 10.1. The van der Waals surface area contributed by atoms with E-state index in [1.165, 1.54) is 11.3 Å². The molecule has 1 unspecified atom stereocenters. The third-order valence-corrected chi connectivity index (χ3v) is 3.22. The van der Waals surface area contributed by atoms with Gasteiger partial charge in [0.2, 0.25) is 11.0 Å². The van der Waals surface area contributed by atoms with E-state index in [2.05, 4.69) is 15.5 Å². The standard InChI is InChI=1S/C12H14N4OS/c1-7-4-3-5-9(6-7)11-15-16-12(18-11)14-10(17)8(2)13/h3-6,8H,13H2,1-2H3,(H,14,16,17). The van der Waals surface area contributed by atoms with Crippen LogP contribution in [0.2, 0.25) is 0 Å². The zero-order valence-electron chi connectivity index (χ0n) is 10.2. The lowest BCUT2D eigenvalue weighted by molar-refractivity contribution is -0.117. The summed E-state index contributed by atoms with van der Waals surface area (Å²) in [6.07, 6.45) is 0. The van der Waals surface area contributed by atoms with Gasteiger partial charge in [0.1, 0.15) is 5.01 Å². The molecule has 0 saturated heterocycles. The number of nitrogens with zero attached hydrogens (tertiary/aromatic N) is 2. The Morgan fingerprint density at radius 3 is 2.89 bits per heavy atom. The summed E-state index contributed by atoms with van der Waals surface area (Å²) in [6, 6.07) is 7.41. The van der Waals surface area contributed by atoms with Crippen LogP contribution >= 0.6 is 11.3 Å². The van der Waals surface area contributed by atoms with Crippen LogP contribution in [-0.4, -0.2) is 22.1 Å². The average Bonchev–Trinajstić information content (AvgIpc) is 2.77. The van der Waals surface area contributed by atoms with Crippen LogP contribution in [0.1, 0.15) is 12.5 Å². The Labute approximate surface area is 109 Å². The predicted molar refractivity (Wildman–Crippen MR) is 72.4 cm³/mol. The number of rotatable bonds is 3. The van der Waals surface area contributed by atoms with Crippen molar-refractivity contribution in [1.29, 1.82) is 0 Å². The monoisotopic (exact) mass is 262 g/mol. The molecule has 0 aliphatic carbocycles. The number of nitrogens with two attached hydrogens (primary N) is 1. The molecule has 0 fully saturated rings. The molecule has 2 rings (SSSR count). The third kappa shape index (κ3) is 2.91. The molecule has 0 saturated carbocycles. The van der Waals surface area contributed by atoms with E-state index in [-0.39, 0.29) is 5.91 Å². The summed E-state index contributed by atoms with van der Waals surface area (Å²) in [5, 5.41) is 11.8. The van der Waals surface area contributed by atoms with Crippen LogP contribution < -0.4 is 11.1 Å². The van der Waals surface area contributed by atoms with Crippen molar-refractivity contribution in [2.75, 3.05) is 5.32 Å². The van der Waals surface area contributed by atoms with Crippen molar-refractivity contribution < 1.29 is 4.79 Å². The van der Waals surface area contributed by atoms with Gasteiger partial charge in [-0.25, -0.2) is 0 Å². The number of aryl methyl sites for hydroxylation is 1. The lowest BCUT2D eigenvalue weighted by Gasteiger charge is -2.02. The fourth-order valence-corrected chi connectivity index (χ4v) is 2.13. The molecule has 2 aromatic rings. The second-order valence-corrected chi connectivity index (χ2v) is 5.04. The number of carbonyl (C=O) groups is 1. The second-order valence-electron chi connectivity index (χ2n) is 4.06. The van der Waals surface area contributed by atoms with Crippen LogP contribution in [0.5, 0.6) is 0 Å². The van der Waals surface area contributed by atoms with Gasteiger partial charge in [0, 0.05) is 5.56 Å². The van der Waals surface area contributed by atoms with Gasteiger partial charge in [-0.3, -0.25) is 10.1 Å². The highest BCUT2D eigenvalue weighted by molar-refractivity contribution is 7.18. The van der Waals surface area contributed by atoms with E-state index < -0.39 is 6.04 Å². The molecule has 0 spiro atoms. The first kappa shape index (κ1) is 12.7. The molecule has 0 aliphatic heterocycles. The van der Waals surface area contributed by atoms with Crippen molar-refractivity contribution in [1.82, 2.24) is 10.2 Å². The van der Waals surface area contributed by atoms with Gasteiger partial charge in [-0.2, -0.15) is 0 Å². The number of aromatic nitrogens is 2. The Hall–Kier alpha value is -1.79. The number of hydrogen-bond acceptors (Lipinski definition) is 5. The van der Waals surface area contributed by atoms with E-state index in [1.54, 1.807) is 6.92 Å². The fourth-order valence-electron chi connectivity index (χ4n) is 1.39. The topological polar surface area (TPSA) is 80.9 Å². The molecular weight excluding hydrogens is 248 g/mol. The first-order valence-electron chi connectivity index (χ1n) is 5.53. The summed E-state index contributed by atoms with van der Waals surface area (Å²) >= 11 is 1.33. The van der Waals surface area contributed by atoms with Crippen LogP contribution in [0.25, 0.3) is 10.6 Å². The Kier molecular flexibility index (Phi) is 3.69. The number of hydrogen-bond donors (Lipinski definition) is 2. The van der Waals surface area contributed by atoms with Crippen LogP contribution in [0, 0.1) is 6.92 Å². The molecule has 0 aliphatic rings. The highest BCUT2D eigenvalue weighted by Gasteiger charge is 2.12. The summed E-state index contributed by atoms with van der Waals surface area (Å²) < 4.78 is 0. The fraction of sp³-hybridized carbons (Fsp3) is 0.250. The van der Waals surface area contributed by atoms with Gasteiger partial charge in [0.25, 0.3) is 0 Å². The van der Waals surface area contributed by atoms with Crippen molar-refractivity contribution in [3.05, 3.63) is 29.8 Å². The molecule has 3 N–H and O–H groups in total. The summed E-state index contributed by atoms with van der Waals surface area (Å²) in [6.45, 7) is 3.64. The highest BCUT2D eigenvalue weighted by Crippen LogP contribution is 2.26. The quantitative estimate of drug-likeness (QED) is 0.883. The molecule has 1 atom stereocenters. The number of nitrogens with one attached hydrogen (secondary N) is 1. The first-order chi connectivity index (χ1) is 8.56. The molecule has 0 bridgehead atoms. The zero-order chi connectivity index (χ0) is 13.1. The maximum atomic E-state index is 11.4. The summed E-state index contributed by atoms with van der Waals surface area (Å²) in [5.41, 5.74) is 7.62. The molecule has 0 radical (unpaired) electrons. The maximum absolute atomic E-state index is 11.4. The molecule has 1 heterocycles. The van der Waals surface area contributed by atoms with Crippen molar-refractivity contribution in [2.24, 2.45) is 5.73 Å². The van der Waals surface area contributed by atoms with Crippen LogP contribution in [-0.2, 0) is 4.79 Å². The van der Waals surface area contributed by atoms with E-state index in [9.17, 15) is 4.79 Å². The van der Waals surface area contributed by atoms with Crippen molar-refractivity contribution >= 4 is 22.4 Å². The van der Waals surface area contributed by atoms with E-state index in [0.717, 1.165) is 16.1 Å². The minimum atomic E-state index is -0.559. The predicted octanol–water partition coefficient (Wildman–Crippen LogP) is 1.80. The van der Waals surface area contributed by atoms with Crippen molar-refractivity contribution in [2.45, 2.75) is 19.9 Å². The van der Waals surface area contributed by atoms with Crippen molar-refractivity contribution in [3.8, 4) is 10.6 Å². The second kappa shape index (κ2) is 5.24. The summed E-state index contributed by atoms with van der Waals surface area (Å²) in [7, 11) is 0. The van der Waals surface area contributed by atoms with E-state index >= 15 is 0 Å². The van der Waals surface area contributed by atoms with E-state index in [1.807, 2.05) is 31.2 Å². The number of anilines is 1. The molecule has 94 valence electrons. The zero-order valence-corrected chi connectivity index (χ0v) is 11.0. The van der Waals surface area contributed by atoms with E-state index in [0.29, 0.717) is 5.13 Å². The minimum absolute atomic E-state index is 0.262. The lowest BCUT2D eigenvalue weighted by Crippen LogP contribution is -2.32. The van der Waals surface area contributed by atoms with Crippen LogP contribution in [0.15, 0.2) is 24.3 Å². The molecule has 1 aromatic carbocycles. The molecule has 18 heavy (non-hydrogen) atoms. The van der Waals surface area contributed by atoms with Gasteiger partial charge in [-0.15, -0.1) is 10.2 Å². The maximum Gasteiger partial charge on any atom is 0.242 e. The Morgan fingerprint density at radius 2 is 2.22 bits per heavy atom. The Morgan fingerprint density at radius 1 is 1.44 bits per heavy atom. The first-order valence-corrected chi connectivity index (χ1v) is 6.35. The Balaban J connectivity index is 2.18. The largest absolute Gasteiger partial charge is 0.320 e. The highest BCUT2D eigenvalue weighted by atomic mass is 32.1. The third-order valence-electron chi connectivity index (χ3n) is 2.33. The molecular formula is C12H14N4OS. The SMILES string of the molecule is Cc1cccc(-c2nnc(NC(=O)C(C)N)s2)c1. The van der Waals surface area contributed by atoms with Gasteiger partial charge in [-0.05, 0) is 19.9 Å².